The van der Waals surface area contributed by atoms with Crippen LogP contribution in [0.15, 0.2) is 0 Å². The number of nitrogens with two attached hydrogens (primary N) is 1. The standard InChI is InChI=1S/C15H26N4O/c1-10-12(16)17-14(15(2,3)4)18-13(10)19-7-5-11(9-19)6-8-20/h11,20H,5-9H2,1-4H3,(H2,16,17,18). The Balaban J connectivity index is 2.30. The molecule has 0 bridgehead atoms. The number of aliphatic hydroxyl groups excluding tert-OH is 1. The normalized spacial score (nSPS) is 19.6. The summed E-state index contributed by atoms with van der Waals surface area (Å²) in [6.07, 6.45) is 1.97. The highest BCUT2D eigenvalue weighted by atomic mass is 16.3. The van der Waals surface area contributed by atoms with Crippen LogP contribution in [0, 0.1) is 12.8 Å². The van der Waals surface area contributed by atoms with Crippen molar-refractivity contribution in [1.82, 2.24) is 9.97 Å². The van der Waals surface area contributed by atoms with E-state index in [0.717, 1.165) is 43.1 Å². The van der Waals surface area contributed by atoms with Crippen molar-refractivity contribution in [3.8, 4) is 0 Å². The van der Waals surface area contributed by atoms with Crippen molar-refractivity contribution in [2.24, 2.45) is 5.92 Å². The van der Waals surface area contributed by atoms with E-state index in [4.69, 9.17) is 15.8 Å². The maximum Gasteiger partial charge on any atom is 0.138 e. The molecule has 1 unspecified atom stereocenters. The van der Waals surface area contributed by atoms with E-state index in [1.807, 2.05) is 6.92 Å². The van der Waals surface area contributed by atoms with Gasteiger partial charge in [-0.15, -0.1) is 0 Å². The molecule has 0 saturated carbocycles. The fourth-order valence-corrected chi connectivity index (χ4v) is 2.61. The number of anilines is 2. The molecule has 1 saturated heterocycles. The van der Waals surface area contributed by atoms with E-state index in [0.29, 0.717) is 11.7 Å². The Labute approximate surface area is 121 Å². The smallest absolute Gasteiger partial charge is 0.138 e. The lowest BCUT2D eigenvalue weighted by Gasteiger charge is -2.24. The Morgan fingerprint density at radius 1 is 1.35 bits per heavy atom. The highest BCUT2D eigenvalue weighted by molar-refractivity contribution is 5.57. The SMILES string of the molecule is Cc1c(N)nc(C(C)(C)C)nc1N1CCC(CCO)C1. The van der Waals surface area contributed by atoms with Gasteiger partial charge in [0, 0.05) is 30.7 Å². The van der Waals surface area contributed by atoms with Gasteiger partial charge in [-0.25, -0.2) is 9.97 Å². The van der Waals surface area contributed by atoms with Crippen LogP contribution in [0.5, 0.6) is 0 Å². The molecular weight excluding hydrogens is 252 g/mol. The molecule has 0 radical (unpaired) electrons. The van der Waals surface area contributed by atoms with Crippen LogP contribution in [-0.2, 0) is 5.41 Å². The molecule has 0 spiro atoms. The second-order valence-electron chi connectivity index (χ2n) is 6.74. The summed E-state index contributed by atoms with van der Waals surface area (Å²) in [5, 5.41) is 9.07. The van der Waals surface area contributed by atoms with E-state index < -0.39 is 0 Å². The van der Waals surface area contributed by atoms with Crippen LogP contribution >= 0.6 is 0 Å². The quantitative estimate of drug-likeness (QED) is 0.883. The number of aliphatic hydroxyl groups is 1. The summed E-state index contributed by atoms with van der Waals surface area (Å²) in [6, 6.07) is 0. The number of nitrogens with zero attached hydrogens (tertiary/aromatic N) is 3. The van der Waals surface area contributed by atoms with Gasteiger partial charge in [-0.2, -0.15) is 0 Å². The first-order valence-corrected chi connectivity index (χ1v) is 7.33. The van der Waals surface area contributed by atoms with Crippen LogP contribution in [0.25, 0.3) is 0 Å². The Hall–Kier alpha value is -1.36. The molecular formula is C15H26N4O. The van der Waals surface area contributed by atoms with Crippen LogP contribution in [0.1, 0.15) is 45.0 Å². The first kappa shape index (κ1) is 15.0. The average Bonchev–Trinajstić information content (AvgIpc) is 2.80. The van der Waals surface area contributed by atoms with E-state index in [9.17, 15) is 0 Å². The molecule has 1 aromatic heterocycles. The predicted molar refractivity (Wildman–Crippen MR) is 81.9 cm³/mol. The van der Waals surface area contributed by atoms with Crippen LogP contribution in [-0.4, -0.2) is 34.8 Å². The molecule has 0 aromatic carbocycles. The van der Waals surface area contributed by atoms with Gasteiger partial charge in [0.25, 0.3) is 0 Å². The lowest BCUT2D eigenvalue weighted by atomic mass is 9.95. The number of rotatable bonds is 3. The third-order valence-corrected chi connectivity index (χ3v) is 3.95. The van der Waals surface area contributed by atoms with Crippen molar-refractivity contribution in [3.05, 3.63) is 11.4 Å². The third-order valence-electron chi connectivity index (χ3n) is 3.95. The van der Waals surface area contributed by atoms with Gasteiger partial charge in [-0.3, -0.25) is 0 Å². The number of aromatic nitrogens is 2. The minimum absolute atomic E-state index is 0.110. The van der Waals surface area contributed by atoms with Crippen molar-refractivity contribution in [2.45, 2.75) is 46.0 Å². The van der Waals surface area contributed by atoms with Gasteiger partial charge in [0.2, 0.25) is 0 Å². The molecule has 2 rings (SSSR count). The van der Waals surface area contributed by atoms with E-state index in [-0.39, 0.29) is 12.0 Å². The topological polar surface area (TPSA) is 75.3 Å². The summed E-state index contributed by atoms with van der Waals surface area (Å²) in [7, 11) is 0. The molecule has 1 aliphatic heterocycles. The molecule has 0 aliphatic carbocycles. The molecule has 5 heteroatoms. The number of hydrogen-bond donors (Lipinski definition) is 2. The summed E-state index contributed by atoms with van der Waals surface area (Å²) in [4.78, 5) is 11.5. The average molecular weight is 278 g/mol. The molecule has 2 heterocycles. The van der Waals surface area contributed by atoms with Gasteiger partial charge >= 0.3 is 0 Å². The fraction of sp³-hybridized carbons (Fsp3) is 0.733. The van der Waals surface area contributed by atoms with E-state index in [1.54, 1.807) is 0 Å². The van der Waals surface area contributed by atoms with Gasteiger partial charge in [-0.05, 0) is 25.7 Å². The maximum absolute atomic E-state index is 9.07. The number of hydrogen-bond acceptors (Lipinski definition) is 5. The highest BCUT2D eigenvalue weighted by Gasteiger charge is 2.27. The minimum Gasteiger partial charge on any atom is -0.396 e. The Morgan fingerprint density at radius 3 is 2.65 bits per heavy atom. The molecule has 1 aromatic rings. The van der Waals surface area contributed by atoms with Crippen LogP contribution in [0.3, 0.4) is 0 Å². The van der Waals surface area contributed by atoms with Crippen molar-refractivity contribution >= 4 is 11.6 Å². The Kier molecular flexibility index (Phi) is 4.18. The van der Waals surface area contributed by atoms with Gasteiger partial charge < -0.3 is 15.7 Å². The predicted octanol–water partition coefficient (Wildman–Crippen LogP) is 1.87. The summed E-state index contributed by atoms with van der Waals surface area (Å²) in [5.74, 6) is 2.88. The molecule has 5 nitrogen and oxygen atoms in total. The Bertz CT molecular complexity index is 481. The molecule has 3 N–H and O–H groups in total. The van der Waals surface area contributed by atoms with Gasteiger partial charge in [0.1, 0.15) is 17.5 Å². The molecule has 0 amide bonds. The zero-order valence-electron chi connectivity index (χ0n) is 13.0. The van der Waals surface area contributed by atoms with Crippen molar-refractivity contribution < 1.29 is 5.11 Å². The molecule has 112 valence electrons. The first-order chi connectivity index (χ1) is 9.32. The van der Waals surface area contributed by atoms with E-state index in [1.165, 1.54) is 0 Å². The molecule has 1 atom stereocenters. The summed E-state index contributed by atoms with van der Waals surface area (Å²) in [6.45, 7) is 10.5. The zero-order valence-corrected chi connectivity index (χ0v) is 13.0. The van der Waals surface area contributed by atoms with E-state index >= 15 is 0 Å². The fourth-order valence-electron chi connectivity index (χ4n) is 2.61. The van der Waals surface area contributed by atoms with E-state index in [2.05, 4.69) is 30.7 Å². The van der Waals surface area contributed by atoms with Gasteiger partial charge in [-0.1, -0.05) is 20.8 Å². The zero-order chi connectivity index (χ0) is 14.9. The lowest BCUT2D eigenvalue weighted by Crippen LogP contribution is -2.26. The monoisotopic (exact) mass is 278 g/mol. The maximum atomic E-state index is 9.07. The summed E-state index contributed by atoms with van der Waals surface area (Å²) >= 11 is 0. The second kappa shape index (κ2) is 5.56. The summed E-state index contributed by atoms with van der Waals surface area (Å²) in [5.41, 5.74) is 6.91. The van der Waals surface area contributed by atoms with Crippen molar-refractivity contribution in [3.63, 3.8) is 0 Å². The summed E-state index contributed by atoms with van der Waals surface area (Å²) < 4.78 is 0. The first-order valence-electron chi connectivity index (χ1n) is 7.33. The molecule has 20 heavy (non-hydrogen) atoms. The lowest BCUT2D eigenvalue weighted by molar-refractivity contribution is 0.263. The second-order valence-corrected chi connectivity index (χ2v) is 6.74. The Morgan fingerprint density at radius 2 is 2.05 bits per heavy atom. The minimum atomic E-state index is -0.110. The van der Waals surface area contributed by atoms with Gasteiger partial charge in [0.15, 0.2) is 0 Å². The highest BCUT2D eigenvalue weighted by Crippen LogP contribution is 2.31. The van der Waals surface area contributed by atoms with Crippen molar-refractivity contribution in [2.75, 3.05) is 30.3 Å². The van der Waals surface area contributed by atoms with Gasteiger partial charge in [0.05, 0.1) is 0 Å². The van der Waals surface area contributed by atoms with Crippen LogP contribution in [0.4, 0.5) is 11.6 Å². The van der Waals surface area contributed by atoms with Crippen LogP contribution < -0.4 is 10.6 Å². The third kappa shape index (κ3) is 3.03. The van der Waals surface area contributed by atoms with Crippen LogP contribution in [0.2, 0.25) is 0 Å². The molecule has 1 fully saturated rings. The largest absolute Gasteiger partial charge is 0.396 e. The number of nitrogen functional groups attached to an aromatic ring is 1. The molecule has 1 aliphatic rings. The van der Waals surface area contributed by atoms with Crippen molar-refractivity contribution in [1.29, 1.82) is 0 Å².